The fraction of sp³-hybridized carbons (Fsp3) is 0.222. The Hall–Kier alpha value is -3.78. The number of imidazole rings is 1. The first-order valence-electron chi connectivity index (χ1n) is 11.6. The van der Waals surface area contributed by atoms with Crippen LogP contribution in [0.15, 0.2) is 71.9 Å². The number of nitrogens with one attached hydrogen (secondary N) is 1. The van der Waals surface area contributed by atoms with E-state index in [4.69, 9.17) is 4.98 Å². The second-order valence-corrected chi connectivity index (χ2v) is 9.33. The molecule has 1 aromatic heterocycles. The van der Waals surface area contributed by atoms with E-state index in [9.17, 15) is 14.7 Å². The van der Waals surface area contributed by atoms with Crippen molar-refractivity contribution in [2.24, 2.45) is 0 Å². The maximum Gasteiger partial charge on any atom is 0.336 e. The molecule has 178 valence electrons. The predicted molar refractivity (Wildman–Crippen MR) is 139 cm³/mol. The molecule has 0 bridgehead atoms. The summed E-state index contributed by atoms with van der Waals surface area (Å²) in [6.07, 6.45) is 4.10. The summed E-state index contributed by atoms with van der Waals surface area (Å²) in [5.41, 5.74) is 5.50. The topological polar surface area (TPSA) is 87.5 Å². The monoisotopic (exact) mass is 486 g/mol. The molecule has 0 saturated carbocycles. The normalized spacial score (nSPS) is 13.3. The molecule has 2 heterocycles. The van der Waals surface area contributed by atoms with E-state index in [0.29, 0.717) is 12.1 Å². The van der Waals surface area contributed by atoms with E-state index in [2.05, 4.69) is 9.88 Å². The van der Waals surface area contributed by atoms with Crippen molar-refractivity contribution >= 4 is 40.5 Å². The number of carboxylic acid groups (broad SMARTS) is 1. The maximum atomic E-state index is 12.6. The number of urea groups is 1. The highest BCUT2D eigenvalue weighted by atomic mass is 32.2. The highest BCUT2D eigenvalue weighted by Gasteiger charge is 2.19. The number of carboxylic acids is 1. The largest absolute Gasteiger partial charge is 0.478 e. The standard InChI is InChI=1S/C27H26N4O3S/c1-35-27-29-23-13-12-20(28-26(34)30-14-4-5-15-30)16-24(23)31(27)17-18-8-10-19(11-9-18)21-6-2-3-7-22(21)25(32)33/h2-3,6-13,16H,4-5,14-15,17H2,1H3,(H,28,34)(H,32,33). The first-order chi connectivity index (χ1) is 17.0. The molecule has 1 aliphatic heterocycles. The Morgan fingerprint density at radius 3 is 2.49 bits per heavy atom. The zero-order valence-electron chi connectivity index (χ0n) is 19.4. The Labute approximate surface area is 207 Å². The second-order valence-electron chi connectivity index (χ2n) is 8.56. The summed E-state index contributed by atoms with van der Waals surface area (Å²) < 4.78 is 2.14. The van der Waals surface area contributed by atoms with Crippen molar-refractivity contribution in [2.45, 2.75) is 24.5 Å². The molecule has 0 aliphatic carbocycles. The summed E-state index contributed by atoms with van der Waals surface area (Å²) in [5, 5.41) is 13.4. The van der Waals surface area contributed by atoms with Crippen molar-refractivity contribution in [2.75, 3.05) is 24.7 Å². The summed E-state index contributed by atoms with van der Waals surface area (Å²) in [6, 6.07) is 20.7. The number of carbonyl (C=O) groups is 2. The number of likely N-dealkylation sites (tertiary alicyclic amines) is 1. The molecule has 0 atom stereocenters. The lowest BCUT2D eigenvalue weighted by Crippen LogP contribution is -2.32. The van der Waals surface area contributed by atoms with Crippen molar-refractivity contribution in [3.63, 3.8) is 0 Å². The van der Waals surface area contributed by atoms with Crippen LogP contribution in [-0.4, -0.2) is 50.9 Å². The van der Waals surface area contributed by atoms with Gasteiger partial charge in [-0.2, -0.15) is 0 Å². The van der Waals surface area contributed by atoms with Crippen LogP contribution < -0.4 is 5.32 Å². The Bertz CT molecular complexity index is 1390. The van der Waals surface area contributed by atoms with Crippen molar-refractivity contribution < 1.29 is 14.7 Å². The Kier molecular flexibility index (Phi) is 6.46. The minimum absolute atomic E-state index is 0.0600. The molecule has 0 unspecified atom stereocenters. The number of hydrogen-bond donors (Lipinski definition) is 2. The summed E-state index contributed by atoms with van der Waals surface area (Å²) in [4.78, 5) is 30.8. The number of hydrogen-bond acceptors (Lipinski definition) is 4. The average molecular weight is 487 g/mol. The molecule has 35 heavy (non-hydrogen) atoms. The molecule has 1 saturated heterocycles. The van der Waals surface area contributed by atoms with E-state index in [-0.39, 0.29) is 11.6 Å². The Morgan fingerprint density at radius 2 is 1.77 bits per heavy atom. The van der Waals surface area contributed by atoms with Gasteiger partial charge < -0.3 is 19.9 Å². The average Bonchev–Trinajstić information content (AvgIpc) is 3.53. The number of benzene rings is 3. The number of nitrogens with zero attached hydrogens (tertiary/aromatic N) is 3. The van der Waals surface area contributed by atoms with Crippen molar-refractivity contribution in [1.82, 2.24) is 14.5 Å². The van der Waals surface area contributed by atoms with Gasteiger partial charge >= 0.3 is 12.0 Å². The smallest absolute Gasteiger partial charge is 0.336 e. The van der Waals surface area contributed by atoms with Gasteiger partial charge in [0.2, 0.25) is 0 Å². The van der Waals surface area contributed by atoms with Gasteiger partial charge in [-0.15, -0.1) is 0 Å². The number of carbonyl (C=O) groups excluding carboxylic acids is 1. The van der Waals surface area contributed by atoms with Crippen LogP contribution >= 0.6 is 11.8 Å². The van der Waals surface area contributed by atoms with Crippen molar-refractivity contribution in [3.05, 3.63) is 77.9 Å². The highest BCUT2D eigenvalue weighted by molar-refractivity contribution is 7.98. The van der Waals surface area contributed by atoms with E-state index in [0.717, 1.165) is 58.9 Å². The van der Waals surface area contributed by atoms with E-state index in [1.54, 1.807) is 23.9 Å². The van der Waals surface area contributed by atoms with Crippen LogP contribution in [0, 0.1) is 0 Å². The van der Waals surface area contributed by atoms with Gasteiger partial charge in [-0.1, -0.05) is 54.2 Å². The molecule has 7 nitrogen and oxygen atoms in total. The maximum absolute atomic E-state index is 12.6. The third-order valence-electron chi connectivity index (χ3n) is 6.30. The Balaban J connectivity index is 1.42. The van der Waals surface area contributed by atoms with Crippen LogP contribution in [0.1, 0.15) is 28.8 Å². The van der Waals surface area contributed by atoms with Crippen LogP contribution in [-0.2, 0) is 6.54 Å². The zero-order chi connectivity index (χ0) is 24.4. The molecule has 8 heteroatoms. The number of amides is 2. The van der Waals surface area contributed by atoms with Crippen LogP contribution in [0.2, 0.25) is 0 Å². The minimum Gasteiger partial charge on any atom is -0.478 e. The number of anilines is 1. The molecule has 2 amide bonds. The van der Waals surface area contributed by atoms with E-state index in [1.807, 2.05) is 65.8 Å². The van der Waals surface area contributed by atoms with Gasteiger partial charge in [0.25, 0.3) is 0 Å². The van der Waals surface area contributed by atoms with Gasteiger partial charge in [0.15, 0.2) is 5.16 Å². The lowest BCUT2D eigenvalue weighted by atomic mass is 9.99. The number of thioether (sulfide) groups is 1. The molecule has 1 aliphatic rings. The lowest BCUT2D eigenvalue weighted by Gasteiger charge is -2.16. The SMILES string of the molecule is CSc1nc2ccc(NC(=O)N3CCCC3)cc2n1Cc1ccc(-c2ccccc2C(=O)O)cc1. The number of fused-ring (bicyclic) bond motifs is 1. The molecule has 0 spiro atoms. The van der Waals surface area contributed by atoms with E-state index < -0.39 is 5.97 Å². The zero-order valence-corrected chi connectivity index (χ0v) is 20.2. The summed E-state index contributed by atoms with van der Waals surface area (Å²) in [5.74, 6) is -0.938. The van der Waals surface area contributed by atoms with Crippen LogP contribution in [0.3, 0.4) is 0 Å². The highest BCUT2D eigenvalue weighted by Crippen LogP contribution is 2.28. The van der Waals surface area contributed by atoms with E-state index >= 15 is 0 Å². The summed E-state index contributed by atoms with van der Waals surface area (Å²) >= 11 is 1.58. The Morgan fingerprint density at radius 1 is 1.03 bits per heavy atom. The number of aromatic nitrogens is 2. The molecular weight excluding hydrogens is 460 g/mol. The molecule has 0 radical (unpaired) electrons. The summed E-state index contributed by atoms with van der Waals surface area (Å²) in [7, 11) is 0. The van der Waals surface area contributed by atoms with E-state index in [1.165, 1.54) is 0 Å². The summed E-state index contributed by atoms with van der Waals surface area (Å²) in [6.45, 7) is 2.21. The first kappa shape index (κ1) is 23.0. The number of rotatable bonds is 6. The predicted octanol–water partition coefficient (Wildman–Crippen LogP) is 5.80. The third kappa shape index (κ3) is 4.74. The lowest BCUT2D eigenvalue weighted by molar-refractivity contribution is 0.0697. The van der Waals surface area contributed by atoms with Crippen LogP contribution in [0.25, 0.3) is 22.2 Å². The van der Waals surface area contributed by atoms with Gasteiger partial charge in [0, 0.05) is 18.8 Å². The second kappa shape index (κ2) is 9.84. The fourth-order valence-electron chi connectivity index (χ4n) is 4.50. The fourth-order valence-corrected chi connectivity index (χ4v) is 5.08. The minimum atomic E-state index is -0.938. The quantitative estimate of drug-likeness (QED) is 0.336. The van der Waals surface area contributed by atoms with Gasteiger partial charge in [0.1, 0.15) is 0 Å². The van der Waals surface area contributed by atoms with Gasteiger partial charge in [0.05, 0.1) is 23.1 Å². The molecular formula is C27H26N4O3S. The molecule has 1 fully saturated rings. The van der Waals surface area contributed by atoms with Crippen LogP contribution in [0.4, 0.5) is 10.5 Å². The molecule has 4 aromatic rings. The van der Waals surface area contributed by atoms with Gasteiger partial charge in [-0.05, 0) is 60.1 Å². The van der Waals surface area contributed by atoms with Crippen molar-refractivity contribution in [1.29, 1.82) is 0 Å². The van der Waals surface area contributed by atoms with Crippen LogP contribution in [0.5, 0.6) is 0 Å². The van der Waals surface area contributed by atoms with Gasteiger partial charge in [-0.3, -0.25) is 0 Å². The van der Waals surface area contributed by atoms with Gasteiger partial charge in [-0.25, -0.2) is 14.6 Å². The molecule has 5 rings (SSSR count). The molecule has 3 aromatic carbocycles. The third-order valence-corrected chi connectivity index (χ3v) is 6.98. The van der Waals surface area contributed by atoms with Crippen molar-refractivity contribution in [3.8, 4) is 11.1 Å². The first-order valence-corrected chi connectivity index (χ1v) is 12.8. The number of aromatic carboxylic acids is 1. The molecule has 2 N–H and O–H groups in total.